The third kappa shape index (κ3) is 4.19. The minimum absolute atomic E-state index is 0.322. The predicted molar refractivity (Wildman–Crippen MR) is 106 cm³/mol. The summed E-state index contributed by atoms with van der Waals surface area (Å²) in [5, 5.41) is 1.14. The molecule has 0 fully saturated rings. The van der Waals surface area contributed by atoms with Crippen LogP contribution in [0.15, 0.2) is 72.8 Å². The van der Waals surface area contributed by atoms with Crippen LogP contribution in [0, 0.1) is 0 Å². The Labute approximate surface area is 170 Å². The first-order valence-corrected chi connectivity index (χ1v) is 8.76. The molecule has 0 N–H and O–H groups in total. The molecule has 0 aromatic heterocycles. The highest BCUT2D eigenvalue weighted by molar-refractivity contribution is 6.32. The molecule has 4 rings (SSSR count). The number of anilines is 2. The molecule has 0 aliphatic carbocycles. The summed E-state index contributed by atoms with van der Waals surface area (Å²) in [6.45, 7) is 0. The van der Waals surface area contributed by atoms with Crippen molar-refractivity contribution in [2.24, 2.45) is 0 Å². The number of rotatable bonds is 2. The van der Waals surface area contributed by atoms with Crippen molar-refractivity contribution in [3.8, 4) is 0 Å². The van der Waals surface area contributed by atoms with Crippen LogP contribution in [0.3, 0.4) is 0 Å². The lowest BCUT2D eigenvalue weighted by molar-refractivity contribution is -0.121. The van der Waals surface area contributed by atoms with E-state index in [1.165, 1.54) is 24.3 Å². The lowest BCUT2D eigenvalue weighted by Crippen LogP contribution is -2.29. The molecule has 0 saturated heterocycles. The van der Waals surface area contributed by atoms with Gasteiger partial charge in [0.15, 0.2) is 0 Å². The molecule has 2 aromatic rings. The number of amides is 4. The van der Waals surface area contributed by atoms with Crippen molar-refractivity contribution < 1.29 is 19.2 Å². The number of halogens is 2. The summed E-state index contributed by atoms with van der Waals surface area (Å²) < 4.78 is 0. The van der Waals surface area contributed by atoms with Crippen LogP contribution >= 0.6 is 23.2 Å². The van der Waals surface area contributed by atoms with Gasteiger partial charge in [0.25, 0.3) is 23.6 Å². The van der Waals surface area contributed by atoms with Crippen LogP contribution in [-0.4, -0.2) is 23.6 Å². The Morgan fingerprint density at radius 3 is 0.964 bits per heavy atom. The van der Waals surface area contributed by atoms with Gasteiger partial charge >= 0.3 is 0 Å². The molecule has 6 nitrogen and oxygen atoms in total. The van der Waals surface area contributed by atoms with Crippen LogP contribution in [0.4, 0.5) is 11.4 Å². The molecule has 0 atom stereocenters. The van der Waals surface area contributed by atoms with Gasteiger partial charge < -0.3 is 0 Å². The van der Waals surface area contributed by atoms with Crippen molar-refractivity contribution >= 4 is 58.2 Å². The Morgan fingerprint density at radius 1 is 0.464 bits per heavy atom. The van der Waals surface area contributed by atoms with Crippen LogP contribution < -0.4 is 9.80 Å². The van der Waals surface area contributed by atoms with Gasteiger partial charge in [-0.05, 0) is 48.5 Å². The summed E-state index contributed by atoms with van der Waals surface area (Å²) >= 11 is 11.4. The smallest absolute Gasteiger partial charge is 0.258 e. The van der Waals surface area contributed by atoms with E-state index in [2.05, 4.69) is 0 Å². The molecule has 2 aliphatic rings. The largest absolute Gasteiger partial charge is 0.269 e. The maximum Gasteiger partial charge on any atom is 0.258 e. The van der Waals surface area contributed by atoms with Crippen molar-refractivity contribution in [1.29, 1.82) is 0 Å². The fourth-order valence-corrected chi connectivity index (χ4v) is 2.74. The van der Waals surface area contributed by atoms with Crippen molar-refractivity contribution in [3.63, 3.8) is 0 Å². The SMILES string of the molecule is O=C1C=CC(=O)N1c1ccc(Cl)cc1.O=C1C=CC(=O)N1c1ccc(Cl)cc1. The van der Waals surface area contributed by atoms with Gasteiger partial charge in [0, 0.05) is 34.3 Å². The quantitative estimate of drug-likeness (QED) is 0.704. The van der Waals surface area contributed by atoms with Crippen LogP contribution in [0.2, 0.25) is 10.0 Å². The molecule has 0 bridgehead atoms. The summed E-state index contributed by atoms with van der Waals surface area (Å²) in [4.78, 5) is 47.2. The number of imide groups is 2. The fourth-order valence-electron chi connectivity index (χ4n) is 2.49. The molecule has 140 valence electrons. The molecule has 0 unspecified atom stereocenters. The first kappa shape index (κ1) is 19.5. The van der Waals surface area contributed by atoms with Gasteiger partial charge in [-0.3, -0.25) is 19.2 Å². The van der Waals surface area contributed by atoms with Gasteiger partial charge in [-0.15, -0.1) is 0 Å². The molecule has 4 amide bonds. The topological polar surface area (TPSA) is 74.8 Å². The highest BCUT2D eigenvalue weighted by atomic mass is 35.5. The maximum atomic E-state index is 11.3. The van der Waals surface area contributed by atoms with E-state index < -0.39 is 0 Å². The predicted octanol–water partition coefficient (Wildman–Crippen LogP) is 3.54. The third-order valence-electron chi connectivity index (χ3n) is 3.79. The number of hydrogen-bond acceptors (Lipinski definition) is 4. The number of nitrogens with zero attached hydrogens (tertiary/aromatic N) is 2. The van der Waals surface area contributed by atoms with Crippen LogP contribution in [-0.2, 0) is 19.2 Å². The van der Waals surface area contributed by atoms with Gasteiger partial charge in [-0.25, -0.2) is 9.80 Å². The number of carbonyl (C=O) groups excluding carboxylic acids is 4. The minimum Gasteiger partial charge on any atom is -0.269 e. The van der Waals surface area contributed by atoms with Crippen molar-refractivity contribution in [2.75, 3.05) is 9.80 Å². The van der Waals surface area contributed by atoms with Gasteiger partial charge in [-0.2, -0.15) is 0 Å². The number of hydrogen-bond donors (Lipinski definition) is 0. The summed E-state index contributed by atoms with van der Waals surface area (Å²) in [5.41, 5.74) is 1.07. The second-order valence-electron chi connectivity index (χ2n) is 5.64. The zero-order chi connectivity index (χ0) is 20.3. The number of benzene rings is 2. The van der Waals surface area contributed by atoms with E-state index >= 15 is 0 Å². The Morgan fingerprint density at radius 2 is 0.714 bits per heavy atom. The Kier molecular flexibility index (Phi) is 5.73. The second kappa shape index (κ2) is 8.21. The Balaban J connectivity index is 0.000000161. The molecule has 2 aromatic carbocycles. The average molecular weight is 415 g/mol. The second-order valence-corrected chi connectivity index (χ2v) is 6.52. The Bertz CT molecular complexity index is 892. The normalized spacial score (nSPS) is 15.4. The summed E-state index contributed by atoms with van der Waals surface area (Å²) in [5.74, 6) is -1.29. The average Bonchev–Trinajstić information content (AvgIpc) is 3.19. The zero-order valence-electron chi connectivity index (χ0n) is 14.2. The summed E-state index contributed by atoms with van der Waals surface area (Å²) in [7, 11) is 0. The molecular formula is C20H12Cl2N2O4. The minimum atomic E-state index is -0.322. The van der Waals surface area contributed by atoms with E-state index in [1.807, 2.05) is 0 Å². The molecule has 0 saturated carbocycles. The summed E-state index contributed by atoms with van der Waals surface area (Å²) in [6.07, 6.45) is 4.99. The maximum absolute atomic E-state index is 11.3. The number of carbonyl (C=O) groups is 4. The van der Waals surface area contributed by atoms with Crippen LogP contribution in [0.5, 0.6) is 0 Å². The molecule has 0 radical (unpaired) electrons. The van der Waals surface area contributed by atoms with Crippen LogP contribution in [0.25, 0.3) is 0 Å². The van der Waals surface area contributed by atoms with Crippen molar-refractivity contribution in [2.45, 2.75) is 0 Å². The Hall–Kier alpha value is -3.22. The first-order chi connectivity index (χ1) is 13.4. The van der Waals surface area contributed by atoms with Crippen molar-refractivity contribution in [3.05, 3.63) is 82.9 Å². The van der Waals surface area contributed by atoms with E-state index in [-0.39, 0.29) is 23.6 Å². The summed E-state index contributed by atoms with van der Waals surface area (Å²) in [6, 6.07) is 13.1. The molecule has 0 spiro atoms. The van der Waals surface area contributed by atoms with Gasteiger partial charge in [0.1, 0.15) is 0 Å². The molecule has 2 aliphatic heterocycles. The molecule has 8 heteroatoms. The fraction of sp³-hybridized carbons (Fsp3) is 0. The van der Waals surface area contributed by atoms with E-state index in [0.717, 1.165) is 9.80 Å². The molecule has 2 heterocycles. The van der Waals surface area contributed by atoms with E-state index in [1.54, 1.807) is 48.5 Å². The van der Waals surface area contributed by atoms with Crippen LogP contribution in [0.1, 0.15) is 0 Å². The van der Waals surface area contributed by atoms with E-state index in [0.29, 0.717) is 21.4 Å². The van der Waals surface area contributed by atoms with E-state index in [4.69, 9.17) is 23.2 Å². The molecule has 28 heavy (non-hydrogen) atoms. The van der Waals surface area contributed by atoms with E-state index in [9.17, 15) is 19.2 Å². The van der Waals surface area contributed by atoms with Gasteiger partial charge in [0.2, 0.25) is 0 Å². The lowest BCUT2D eigenvalue weighted by Gasteiger charge is -2.13. The molecular weight excluding hydrogens is 403 g/mol. The lowest BCUT2D eigenvalue weighted by atomic mass is 10.3. The van der Waals surface area contributed by atoms with Crippen molar-refractivity contribution in [1.82, 2.24) is 0 Å². The highest BCUT2D eigenvalue weighted by Gasteiger charge is 2.25. The van der Waals surface area contributed by atoms with Gasteiger partial charge in [-0.1, -0.05) is 23.2 Å². The van der Waals surface area contributed by atoms with Gasteiger partial charge in [0.05, 0.1) is 11.4 Å². The first-order valence-electron chi connectivity index (χ1n) is 8.00. The monoisotopic (exact) mass is 414 g/mol. The highest BCUT2D eigenvalue weighted by Crippen LogP contribution is 2.22. The zero-order valence-corrected chi connectivity index (χ0v) is 15.7. The third-order valence-corrected chi connectivity index (χ3v) is 4.29. The standard InChI is InChI=1S/2C10H6ClNO2/c2*11-7-1-3-8(4-2-7)12-9(13)5-6-10(12)14/h2*1-6H.